The van der Waals surface area contributed by atoms with Gasteiger partial charge in [0, 0.05) is 37.8 Å². The van der Waals surface area contributed by atoms with Gasteiger partial charge in [-0.3, -0.25) is 9.59 Å². The number of ether oxygens (including phenoxy) is 1. The second kappa shape index (κ2) is 9.06. The first-order valence-corrected chi connectivity index (χ1v) is 10.8. The number of anilines is 1. The van der Waals surface area contributed by atoms with Crippen molar-refractivity contribution in [3.8, 4) is 0 Å². The Hall–Kier alpha value is -2.57. The van der Waals surface area contributed by atoms with Gasteiger partial charge in [-0.05, 0) is 57.7 Å². The van der Waals surface area contributed by atoms with Crippen molar-refractivity contribution >= 4 is 23.6 Å². The van der Waals surface area contributed by atoms with Crippen molar-refractivity contribution < 1.29 is 19.1 Å². The van der Waals surface area contributed by atoms with Gasteiger partial charge in [-0.15, -0.1) is 0 Å². The van der Waals surface area contributed by atoms with E-state index in [-0.39, 0.29) is 30.2 Å². The minimum absolute atomic E-state index is 0.000855. The SMILES string of the molecule is CCc1ccc(N2C[C@@H](C(=O)N3CCC(NC(=O)OC(C)(C)C)CC3)CC2=O)cc1. The van der Waals surface area contributed by atoms with Crippen LogP contribution in [0.1, 0.15) is 52.5 Å². The summed E-state index contributed by atoms with van der Waals surface area (Å²) in [7, 11) is 0. The molecule has 2 aliphatic heterocycles. The van der Waals surface area contributed by atoms with Gasteiger partial charge < -0.3 is 19.9 Å². The molecule has 7 heteroatoms. The Balaban J connectivity index is 1.50. The molecule has 0 aromatic heterocycles. The van der Waals surface area contributed by atoms with E-state index in [1.54, 1.807) is 4.90 Å². The first kappa shape index (κ1) is 22.1. The summed E-state index contributed by atoms with van der Waals surface area (Å²) in [5.41, 5.74) is 1.55. The number of benzene rings is 1. The fourth-order valence-electron chi connectivity index (χ4n) is 4.01. The molecule has 3 amide bonds. The normalized spacial score (nSPS) is 20.4. The maximum Gasteiger partial charge on any atom is 0.407 e. The minimum Gasteiger partial charge on any atom is -0.444 e. The highest BCUT2D eigenvalue weighted by molar-refractivity contribution is 6.00. The van der Waals surface area contributed by atoms with Gasteiger partial charge in [0.2, 0.25) is 11.8 Å². The Morgan fingerprint density at radius 3 is 2.33 bits per heavy atom. The number of rotatable bonds is 4. The second-order valence-corrected chi connectivity index (χ2v) is 9.17. The molecule has 0 unspecified atom stereocenters. The highest BCUT2D eigenvalue weighted by atomic mass is 16.6. The third-order valence-electron chi connectivity index (χ3n) is 5.66. The number of likely N-dealkylation sites (tertiary alicyclic amines) is 1. The van der Waals surface area contributed by atoms with Crippen molar-refractivity contribution in [2.75, 3.05) is 24.5 Å². The summed E-state index contributed by atoms with van der Waals surface area (Å²) < 4.78 is 5.30. The average molecular weight is 416 g/mol. The molecule has 1 aromatic carbocycles. The lowest BCUT2D eigenvalue weighted by Gasteiger charge is -2.34. The van der Waals surface area contributed by atoms with Crippen LogP contribution in [0, 0.1) is 5.92 Å². The fourth-order valence-corrected chi connectivity index (χ4v) is 4.01. The first-order chi connectivity index (χ1) is 14.2. The van der Waals surface area contributed by atoms with Gasteiger partial charge in [-0.1, -0.05) is 19.1 Å². The molecule has 0 aliphatic carbocycles. The lowest BCUT2D eigenvalue weighted by atomic mass is 10.0. The molecule has 0 saturated carbocycles. The maximum absolute atomic E-state index is 13.0. The van der Waals surface area contributed by atoms with Gasteiger partial charge in [0.25, 0.3) is 0 Å². The van der Waals surface area contributed by atoms with E-state index < -0.39 is 11.7 Å². The van der Waals surface area contributed by atoms with Crippen LogP contribution in [0.5, 0.6) is 0 Å². The molecule has 2 fully saturated rings. The molecule has 7 nitrogen and oxygen atoms in total. The standard InChI is InChI=1S/C23H33N3O4/c1-5-16-6-8-19(9-7-16)26-15-17(14-20(26)27)21(28)25-12-10-18(11-13-25)24-22(29)30-23(2,3)4/h6-9,17-18H,5,10-15H2,1-4H3,(H,24,29)/t17-/m0/s1. The van der Waals surface area contributed by atoms with E-state index in [0.717, 1.165) is 12.1 Å². The van der Waals surface area contributed by atoms with Gasteiger partial charge in [0.1, 0.15) is 5.60 Å². The van der Waals surface area contributed by atoms with E-state index in [1.165, 1.54) is 5.56 Å². The van der Waals surface area contributed by atoms with Crippen LogP contribution in [0.3, 0.4) is 0 Å². The number of hydrogen-bond acceptors (Lipinski definition) is 4. The van der Waals surface area contributed by atoms with Crippen LogP contribution in [0.25, 0.3) is 0 Å². The topological polar surface area (TPSA) is 79.0 Å². The Labute approximate surface area is 178 Å². The summed E-state index contributed by atoms with van der Waals surface area (Å²) in [4.78, 5) is 41.0. The zero-order valence-corrected chi connectivity index (χ0v) is 18.4. The van der Waals surface area contributed by atoms with Crippen LogP contribution < -0.4 is 10.2 Å². The van der Waals surface area contributed by atoms with Crippen LogP contribution >= 0.6 is 0 Å². The summed E-state index contributed by atoms with van der Waals surface area (Å²) in [5.74, 6) is -0.274. The van der Waals surface area contributed by atoms with Crippen LogP contribution in [0.4, 0.5) is 10.5 Å². The predicted octanol–water partition coefficient (Wildman–Crippen LogP) is 3.12. The number of carbonyl (C=O) groups is 3. The zero-order chi connectivity index (χ0) is 21.9. The van der Waals surface area contributed by atoms with Gasteiger partial charge in [0.15, 0.2) is 0 Å². The molecule has 0 radical (unpaired) electrons. The third kappa shape index (κ3) is 5.52. The summed E-state index contributed by atoms with van der Waals surface area (Å²) in [6, 6.07) is 7.97. The van der Waals surface area contributed by atoms with E-state index in [4.69, 9.17) is 4.74 Å². The molecule has 3 rings (SSSR count). The fraction of sp³-hybridized carbons (Fsp3) is 0.609. The van der Waals surface area contributed by atoms with Crippen molar-refractivity contribution in [3.05, 3.63) is 29.8 Å². The molecule has 1 atom stereocenters. The van der Waals surface area contributed by atoms with Crippen molar-refractivity contribution in [2.45, 2.75) is 65.0 Å². The molecule has 1 N–H and O–H groups in total. The molecule has 0 spiro atoms. The van der Waals surface area contributed by atoms with Crippen molar-refractivity contribution in [1.29, 1.82) is 0 Å². The lowest BCUT2D eigenvalue weighted by Crippen LogP contribution is -2.49. The summed E-state index contributed by atoms with van der Waals surface area (Å²) in [6.07, 6.45) is 2.17. The minimum atomic E-state index is -0.529. The Kier molecular flexibility index (Phi) is 6.68. The van der Waals surface area contributed by atoms with Crippen LogP contribution in [-0.2, 0) is 20.7 Å². The average Bonchev–Trinajstić information content (AvgIpc) is 3.08. The van der Waals surface area contributed by atoms with Crippen LogP contribution in [0.2, 0.25) is 0 Å². The number of piperidine rings is 1. The molecule has 0 bridgehead atoms. The van der Waals surface area contributed by atoms with Crippen LogP contribution in [0.15, 0.2) is 24.3 Å². The van der Waals surface area contributed by atoms with Gasteiger partial charge in [0.05, 0.1) is 5.92 Å². The number of aryl methyl sites for hydroxylation is 1. The Morgan fingerprint density at radius 2 is 1.77 bits per heavy atom. The molecule has 30 heavy (non-hydrogen) atoms. The molecule has 1 aromatic rings. The number of amides is 3. The predicted molar refractivity (Wildman–Crippen MR) is 115 cm³/mol. The summed E-state index contributed by atoms with van der Waals surface area (Å²) >= 11 is 0. The smallest absolute Gasteiger partial charge is 0.407 e. The Bertz CT molecular complexity index is 777. The highest BCUT2D eigenvalue weighted by Gasteiger charge is 2.38. The van der Waals surface area contributed by atoms with E-state index in [9.17, 15) is 14.4 Å². The maximum atomic E-state index is 13.0. The van der Waals surface area contributed by atoms with Crippen molar-refractivity contribution in [1.82, 2.24) is 10.2 Å². The van der Waals surface area contributed by atoms with Crippen LogP contribution in [-0.4, -0.2) is 54.1 Å². The first-order valence-electron chi connectivity index (χ1n) is 10.8. The zero-order valence-electron chi connectivity index (χ0n) is 18.4. The molecule has 2 heterocycles. The van der Waals surface area contributed by atoms with Gasteiger partial charge >= 0.3 is 6.09 Å². The molecule has 164 valence electrons. The van der Waals surface area contributed by atoms with Crippen molar-refractivity contribution in [3.63, 3.8) is 0 Å². The molecular weight excluding hydrogens is 382 g/mol. The number of nitrogens with one attached hydrogen (secondary N) is 1. The van der Waals surface area contributed by atoms with E-state index in [0.29, 0.717) is 32.5 Å². The largest absolute Gasteiger partial charge is 0.444 e. The summed E-state index contributed by atoms with van der Waals surface area (Å²) in [6.45, 7) is 9.18. The van der Waals surface area contributed by atoms with Crippen molar-refractivity contribution in [2.24, 2.45) is 5.92 Å². The molecular formula is C23H33N3O4. The second-order valence-electron chi connectivity index (χ2n) is 9.17. The molecule has 2 saturated heterocycles. The number of nitrogens with zero attached hydrogens (tertiary/aromatic N) is 2. The lowest BCUT2D eigenvalue weighted by molar-refractivity contribution is -0.136. The van der Waals surface area contributed by atoms with E-state index in [2.05, 4.69) is 12.2 Å². The quantitative estimate of drug-likeness (QED) is 0.820. The number of carbonyl (C=O) groups excluding carboxylic acids is 3. The van der Waals surface area contributed by atoms with E-state index in [1.807, 2.05) is 49.9 Å². The Morgan fingerprint density at radius 1 is 1.13 bits per heavy atom. The number of alkyl carbamates (subject to hydrolysis) is 1. The van der Waals surface area contributed by atoms with Gasteiger partial charge in [-0.25, -0.2) is 4.79 Å². The highest BCUT2D eigenvalue weighted by Crippen LogP contribution is 2.27. The number of hydrogen-bond donors (Lipinski definition) is 1. The molecule has 2 aliphatic rings. The van der Waals surface area contributed by atoms with E-state index >= 15 is 0 Å². The summed E-state index contributed by atoms with van der Waals surface area (Å²) in [5, 5.41) is 2.89. The third-order valence-corrected chi connectivity index (χ3v) is 5.66. The van der Waals surface area contributed by atoms with Gasteiger partial charge in [-0.2, -0.15) is 0 Å². The monoisotopic (exact) mass is 415 g/mol.